The lowest BCUT2D eigenvalue weighted by Crippen LogP contribution is -2.09. The van der Waals surface area contributed by atoms with Gasteiger partial charge in [-0.25, -0.2) is 0 Å². The van der Waals surface area contributed by atoms with Crippen molar-refractivity contribution in [1.29, 1.82) is 0 Å². The van der Waals surface area contributed by atoms with E-state index >= 15 is 0 Å². The molecule has 0 unspecified atom stereocenters. The fourth-order valence-electron chi connectivity index (χ4n) is 2.22. The van der Waals surface area contributed by atoms with E-state index in [2.05, 4.69) is 0 Å². The molecule has 5 nitrogen and oxygen atoms in total. The maximum absolute atomic E-state index is 12.4. The molecule has 0 saturated heterocycles. The Morgan fingerprint density at radius 1 is 0.783 bits per heavy atom. The first-order valence-electron chi connectivity index (χ1n) is 7.02. The lowest BCUT2D eigenvalue weighted by molar-refractivity contribution is 0.0893. The number of methoxy groups -OCH3 is 3. The Balaban J connectivity index is 2.27. The summed E-state index contributed by atoms with van der Waals surface area (Å²) in [5, 5.41) is 0. The quantitative estimate of drug-likeness (QED) is 0.580. The summed E-state index contributed by atoms with van der Waals surface area (Å²) >= 11 is 0. The fraction of sp³-hybridized carbons (Fsp3) is 0.222. The number of hydrogen-bond donors (Lipinski definition) is 0. The molecule has 0 aliphatic carbocycles. The van der Waals surface area contributed by atoms with Crippen molar-refractivity contribution in [3.8, 4) is 17.2 Å². The van der Waals surface area contributed by atoms with Gasteiger partial charge in [0, 0.05) is 11.1 Å². The number of rotatable bonds is 7. The van der Waals surface area contributed by atoms with Crippen molar-refractivity contribution in [3.05, 3.63) is 53.6 Å². The van der Waals surface area contributed by atoms with E-state index in [1.807, 2.05) is 6.07 Å². The topological polar surface area (TPSA) is 61.8 Å². The number of Topliss-reactive ketones (excluding diaryl/α,β-unsaturated/α-hetero) is 2. The van der Waals surface area contributed by atoms with Crippen LogP contribution in [0.2, 0.25) is 0 Å². The molecular formula is C18H18O5. The predicted octanol–water partition coefficient (Wildman–Crippen LogP) is 3.17. The largest absolute Gasteiger partial charge is 0.493 e. The van der Waals surface area contributed by atoms with Crippen LogP contribution >= 0.6 is 0 Å². The van der Waals surface area contributed by atoms with Gasteiger partial charge in [0.05, 0.1) is 27.8 Å². The van der Waals surface area contributed by atoms with Gasteiger partial charge in [-0.3, -0.25) is 9.59 Å². The minimum Gasteiger partial charge on any atom is -0.493 e. The van der Waals surface area contributed by atoms with Gasteiger partial charge in [0.15, 0.2) is 23.1 Å². The second-order valence-electron chi connectivity index (χ2n) is 4.80. The molecule has 0 amide bonds. The predicted molar refractivity (Wildman–Crippen MR) is 85.8 cm³/mol. The number of ether oxygens (including phenoxy) is 3. The molecule has 23 heavy (non-hydrogen) atoms. The van der Waals surface area contributed by atoms with Crippen LogP contribution in [-0.4, -0.2) is 32.9 Å². The van der Waals surface area contributed by atoms with E-state index in [1.165, 1.54) is 21.3 Å². The molecule has 2 aromatic rings. The first-order chi connectivity index (χ1) is 11.1. The van der Waals surface area contributed by atoms with Crippen LogP contribution in [0.15, 0.2) is 42.5 Å². The molecule has 0 saturated carbocycles. The Morgan fingerprint density at radius 2 is 1.30 bits per heavy atom. The highest BCUT2D eigenvalue weighted by Gasteiger charge is 2.19. The summed E-state index contributed by atoms with van der Waals surface area (Å²) in [6.07, 6.45) is -0.220. The number of hydrogen-bond acceptors (Lipinski definition) is 5. The molecule has 0 fully saturated rings. The lowest BCUT2D eigenvalue weighted by Gasteiger charge is -2.13. The molecule has 0 aliphatic heterocycles. The second-order valence-corrected chi connectivity index (χ2v) is 4.80. The molecule has 0 heterocycles. The average Bonchev–Trinajstić information content (AvgIpc) is 2.60. The normalized spacial score (nSPS) is 10.0. The molecule has 5 heteroatoms. The van der Waals surface area contributed by atoms with E-state index < -0.39 is 0 Å². The van der Waals surface area contributed by atoms with Gasteiger partial charge in [0.1, 0.15) is 0 Å². The summed E-state index contributed by atoms with van der Waals surface area (Å²) < 4.78 is 15.6. The van der Waals surface area contributed by atoms with Crippen molar-refractivity contribution in [3.63, 3.8) is 0 Å². The van der Waals surface area contributed by atoms with Crippen LogP contribution in [0, 0.1) is 0 Å². The number of carbonyl (C=O) groups is 2. The van der Waals surface area contributed by atoms with Crippen LogP contribution < -0.4 is 14.2 Å². The number of ketones is 2. The van der Waals surface area contributed by atoms with Gasteiger partial charge < -0.3 is 14.2 Å². The Labute approximate surface area is 134 Å². The Kier molecular flexibility index (Phi) is 5.36. The first-order valence-corrected chi connectivity index (χ1v) is 7.02. The molecule has 0 bridgehead atoms. The maximum Gasteiger partial charge on any atom is 0.203 e. The van der Waals surface area contributed by atoms with E-state index in [4.69, 9.17) is 14.2 Å². The average molecular weight is 314 g/mol. The maximum atomic E-state index is 12.4. The monoisotopic (exact) mass is 314 g/mol. The molecule has 0 radical (unpaired) electrons. The Morgan fingerprint density at radius 3 is 1.78 bits per heavy atom. The highest BCUT2D eigenvalue weighted by atomic mass is 16.5. The zero-order chi connectivity index (χ0) is 16.8. The molecule has 0 N–H and O–H groups in total. The highest BCUT2D eigenvalue weighted by Crippen LogP contribution is 2.38. The second kappa shape index (κ2) is 7.45. The summed E-state index contributed by atoms with van der Waals surface area (Å²) in [5.41, 5.74) is 0.845. The SMILES string of the molecule is COc1cc(C(=O)CC(=O)c2ccccc2)cc(OC)c1OC. The molecule has 0 atom stereocenters. The van der Waals surface area contributed by atoms with Gasteiger partial charge >= 0.3 is 0 Å². The third kappa shape index (κ3) is 3.69. The van der Waals surface area contributed by atoms with Crippen LogP contribution in [0.4, 0.5) is 0 Å². The van der Waals surface area contributed by atoms with Gasteiger partial charge in [-0.15, -0.1) is 0 Å². The van der Waals surface area contributed by atoms with Crippen LogP contribution in [0.25, 0.3) is 0 Å². The van der Waals surface area contributed by atoms with E-state index in [-0.39, 0.29) is 18.0 Å². The van der Waals surface area contributed by atoms with Crippen molar-refractivity contribution in [2.45, 2.75) is 6.42 Å². The van der Waals surface area contributed by atoms with Crippen molar-refractivity contribution >= 4 is 11.6 Å². The van der Waals surface area contributed by atoms with Crippen LogP contribution in [0.5, 0.6) is 17.2 Å². The standard InChI is InChI=1S/C18H18O5/c1-21-16-9-13(10-17(22-2)18(16)23-3)15(20)11-14(19)12-7-5-4-6-8-12/h4-10H,11H2,1-3H3. The van der Waals surface area contributed by atoms with Gasteiger partial charge in [-0.05, 0) is 12.1 Å². The number of carbonyl (C=O) groups excluding carboxylic acids is 2. The van der Waals surface area contributed by atoms with Crippen LogP contribution in [0.3, 0.4) is 0 Å². The van der Waals surface area contributed by atoms with Crippen LogP contribution in [0.1, 0.15) is 27.1 Å². The van der Waals surface area contributed by atoms with Crippen molar-refractivity contribution < 1.29 is 23.8 Å². The van der Waals surface area contributed by atoms with Crippen molar-refractivity contribution in [2.24, 2.45) is 0 Å². The van der Waals surface area contributed by atoms with Gasteiger partial charge in [-0.1, -0.05) is 30.3 Å². The van der Waals surface area contributed by atoms with Crippen molar-refractivity contribution in [1.82, 2.24) is 0 Å². The molecule has 0 aromatic heterocycles. The van der Waals surface area contributed by atoms with E-state index in [9.17, 15) is 9.59 Å². The molecule has 2 aromatic carbocycles. The summed E-state index contributed by atoms with van der Waals surface area (Å²) in [7, 11) is 4.43. The van der Waals surface area contributed by atoms with Crippen molar-refractivity contribution in [2.75, 3.05) is 21.3 Å². The summed E-state index contributed by atoms with van der Waals surface area (Å²) in [5.74, 6) is 0.619. The molecular weight excluding hydrogens is 296 g/mol. The van der Waals surface area contributed by atoms with Crippen LogP contribution in [-0.2, 0) is 0 Å². The molecule has 2 rings (SSSR count). The Bertz CT molecular complexity index is 682. The fourth-order valence-corrected chi connectivity index (χ4v) is 2.22. The van der Waals surface area contributed by atoms with E-state index in [1.54, 1.807) is 36.4 Å². The minimum absolute atomic E-state index is 0.220. The third-order valence-electron chi connectivity index (χ3n) is 3.40. The highest BCUT2D eigenvalue weighted by molar-refractivity contribution is 6.13. The lowest BCUT2D eigenvalue weighted by atomic mass is 10.0. The summed E-state index contributed by atoms with van der Waals surface area (Å²) in [6, 6.07) is 11.8. The first kappa shape index (κ1) is 16.5. The molecule has 0 aliphatic rings. The molecule has 0 spiro atoms. The smallest absolute Gasteiger partial charge is 0.203 e. The zero-order valence-corrected chi connectivity index (χ0v) is 13.3. The Hall–Kier alpha value is -2.82. The van der Waals surface area contributed by atoms with E-state index in [0.717, 1.165) is 0 Å². The molecule has 120 valence electrons. The summed E-state index contributed by atoms with van der Waals surface area (Å²) in [6.45, 7) is 0. The zero-order valence-electron chi connectivity index (χ0n) is 13.3. The summed E-state index contributed by atoms with van der Waals surface area (Å²) in [4.78, 5) is 24.5. The third-order valence-corrected chi connectivity index (χ3v) is 3.40. The van der Waals surface area contributed by atoms with Gasteiger partial charge in [-0.2, -0.15) is 0 Å². The number of benzene rings is 2. The minimum atomic E-state index is -0.307. The van der Waals surface area contributed by atoms with Gasteiger partial charge in [0.25, 0.3) is 0 Å². The van der Waals surface area contributed by atoms with E-state index in [0.29, 0.717) is 28.4 Å². The van der Waals surface area contributed by atoms with Gasteiger partial charge in [0.2, 0.25) is 5.75 Å².